The average Bonchev–Trinajstić information content (AvgIpc) is 3.02. The first-order chi connectivity index (χ1) is 11.1. The van der Waals surface area contributed by atoms with Crippen molar-refractivity contribution in [2.24, 2.45) is 0 Å². The Morgan fingerprint density at radius 3 is 2.83 bits per heavy atom. The predicted molar refractivity (Wildman–Crippen MR) is 82.2 cm³/mol. The highest BCUT2D eigenvalue weighted by Crippen LogP contribution is 2.20. The normalized spacial score (nSPS) is 10.5. The number of benzene rings is 2. The lowest BCUT2D eigenvalue weighted by atomic mass is 10.1. The number of carboxylic acid groups (broad SMARTS) is 1. The molecule has 0 fully saturated rings. The van der Waals surface area contributed by atoms with Gasteiger partial charge in [-0.25, -0.2) is 4.79 Å². The zero-order valence-electron chi connectivity index (χ0n) is 12.4. The van der Waals surface area contributed by atoms with Gasteiger partial charge in [0.1, 0.15) is 11.3 Å². The van der Waals surface area contributed by atoms with Crippen molar-refractivity contribution in [3.63, 3.8) is 0 Å². The highest BCUT2D eigenvalue weighted by atomic mass is 16.5. The zero-order chi connectivity index (χ0) is 16.2. The first-order valence-electron chi connectivity index (χ1n) is 6.98. The van der Waals surface area contributed by atoms with E-state index >= 15 is 0 Å². The van der Waals surface area contributed by atoms with Crippen molar-refractivity contribution < 1.29 is 19.2 Å². The smallest absolute Gasteiger partial charge is 0.339 e. The molecule has 0 aliphatic rings. The number of rotatable bonds is 5. The molecule has 1 aromatic heterocycles. The number of hydrogen-bond acceptors (Lipinski definition) is 5. The van der Waals surface area contributed by atoms with Crippen LogP contribution < -0.4 is 4.74 Å². The van der Waals surface area contributed by atoms with Crippen LogP contribution in [-0.2, 0) is 6.61 Å². The molecular weight excluding hydrogens is 296 g/mol. The highest BCUT2D eigenvalue weighted by molar-refractivity contribution is 5.90. The number of hydrogen-bond donors (Lipinski definition) is 1. The Labute approximate surface area is 132 Å². The molecule has 23 heavy (non-hydrogen) atoms. The van der Waals surface area contributed by atoms with E-state index in [1.165, 1.54) is 6.07 Å². The van der Waals surface area contributed by atoms with Crippen LogP contribution in [0.2, 0.25) is 0 Å². The van der Waals surface area contributed by atoms with Crippen molar-refractivity contribution >= 4 is 5.97 Å². The highest BCUT2D eigenvalue weighted by Gasteiger charge is 2.13. The van der Waals surface area contributed by atoms with E-state index in [2.05, 4.69) is 10.1 Å². The van der Waals surface area contributed by atoms with E-state index in [1.54, 1.807) is 18.2 Å². The number of aryl methyl sites for hydroxylation is 1. The topological polar surface area (TPSA) is 85.5 Å². The maximum atomic E-state index is 11.1. The third kappa shape index (κ3) is 3.37. The largest absolute Gasteiger partial charge is 0.483 e. The summed E-state index contributed by atoms with van der Waals surface area (Å²) in [4.78, 5) is 15.4. The molecule has 6 heteroatoms. The fraction of sp³-hybridized carbons (Fsp3) is 0.118. The molecule has 3 aromatic rings. The molecule has 0 atom stereocenters. The molecule has 6 nitrogen and oxygen atoms in total. The van der Waals surface area contributed by atoms with Gasteiger partial charge in [-0.1, -0.05) is 41.1 Å². The summed E-state index contributed by atoms with van der Waals surface area (Å²) in [7, 11) is 0. The number of carbonyl (C=O) groups is 1. The number of para-hydroxylation sites is 1. The number of aromatic carboxylic acids is 1. The third-order valence-corrected chi connectivity index (χ3v) is 3.21. The van der Waals surface area contributed by atoms with Gasteiger partial charge in [0.25, 0.3) is 5.89 Å². The minimum Gasteiger partial charge on any atom is -0.483 e. The van der Waals surface area contributed by atoms with Gasteiger partial charge in [-0.05, 0) is 25.1 Å². The second-order valence-electron chi connectivity index (χ2n) is 4.97. The lowest BCUT2D eigenvalue weighted by Crippen LogP contribution is -2.03. The molecule has 3 rings (SSSR count). The second-order valence-corrected chi connectivity index (χ2v) is 4.97. The van der Waals surface area contributed by atoms with E-state index in [0.29, 0.717) is 5.82 Å². The van der Waals surface area contributed by atoms with E-state index in [4.69, 9.17) is 14.4 Å². The average molecular weight is 310 g/mol. The molecule has 116 valence electrons. The van der Waals surface area contributed by atoms with Gasteiger partial charge in [-0.15, -0.1) is 0 Å². The molecule has 0 saturated heterocycles. The molecule has 0 bridgehead atoms. The van der Waals surface area contributed by atoms with Crippen LogP contribution in [0.3, 0.4) is 0 Å². The van der Waals surface area contributed by atoms with Crippen LogP contribution in [0.15, 0.2) is 53.1 Å². The van der Waals surface area contributed by atoms with Crippen molar-refractivity contribution in [2.45, 2.75) is 13.5 Å². The first-order valence-corrected chi connectivity index (χ1v) is 6.98. The molecule has 0 aliphatic heterocycles. The Morgan fingerprint density at radius 1 is 1.22 bits per heavy atom. The van der Waals surface area contributed by atoms with Crippen molar-refractivity contribution in [2.75, 3.05) is 0 Å². The SMILES string of the molecule is Cc1cccc(-c2noc(COc3ccccc3C(=O)O)n2)c1. The van der Waals surface area contributed by atoms with Gasteiger partial charge in [0.15, 0.2) is 6.61 Å². The maximum Gasteiger partial charge on any atom is 0.339 e. The van der Waals surface area contributed by atoms with Gasteiger partial charge in [0.2, 0.25) is 5.82 Å². The summed E-state index contributed by atoms with van der Waals surface area (Å²) in [6.45, 7) is 1.99. The van der Waals surface area contributed by atoms with Gasteiger partial charge in [0.05, 0.1) is 0 Å². The molecule has 0 aliphatic carbocycles. The minimum atomic E-state index is -1.05. The molecule has 2 aromatic carbocycles. The maximum absolute atomic E-state index is 11.1. The quantitative estimate of drug-likeness (QED) is 0.778. The van der Waals surface area contributed by atoms with Crippen molar-refractivity contribution in [3.05, 3.63) is 65.5 Å². The van der Waals surface area contributed by atoms with Crippen molar-refractivity contribution in [1.29, 1.82) is 0 Å². The van der Waals surface area contributed by atoms with Crippen molar-refractivity contribution in [3.8, 4) is 17.1 Å². The van der Waals surface area contributed by atoms with Crippen molar-refractivity contribution in [1.82, 2.24) is 10.1 Å². The van der Waals surface area contributed by atoms with Gasteiger partial charge < -0.3 is 14.4 Å². The molecule has 0 unspecified atom stereocenters. The van der Waals surface area contributed by atoms with Gasteiger partial charge in [-0.2, -0.15) is 4.98 Å². The Balaban J connectivity index is 1.74. The van der Waals surface area contributed by atoms with Crippen LogP contribution in [0.5, 0.6) is 5.75 Å². The summed E-state index contributed by atoms with van der Waals surface area (Å²) in [5.41, 5.74) is 2.04. The lowest BCUT2D eigenvalue weighted by Gasteiger charge is -2.06. The third-order valence-electron chi connectivity index (χ3n) is 3.21. The van der Waals surface area contributed by atoms with E-state index in [0.717, 1.165) is 11.1 Å². The second kappa shape index (κ2) is 6.31. The fourth-order valence-corrected chi connectivity index (χ4v) is 2.12. The predicted octanol–water partition coefficient (Wildman–Crippen LogP) is 3.32. The molecule has 0 saturated carbocycles. The van der Waals surface area contributed by atoms with Crippen LogP contribution in [0.4, 0.5) is 0 Å². The molecule has 0 spiro atoms. The Kier molecular flexibility index (Phi) is 4.05. The fourth-order valence-electron chi connectivity index (χ4n) is 2.12. The number of aromatic nitrogens is 2. The minimum absolute atomic E-state index is 0.00308. The summed E-state index contributed by atoms with van der Waals surface area (Å²) in [6.07, 6.45) is 0. The van der Waals surface area contributed by atoms with Crippen LogP contribution in [0.25, 0.3) is 11.4 Å². The van der Waals surface area contributed by atoms with E-state index in [-0.39, 0.29) is 23.8 Å². The van der Waals surface area contributed by atoms with Gasteiger partial charge in [0, 0.05) is 5.56 Å². The Morgan fingerprint density at radius 2 is 2.04 bits per heavy atom. The van der Waals surface area contributed by atoms with Crippen LogP contribution >= 0.6 is 0 Å². The molecule has 1 N–H and O–H groups in total. The van der Waals surface area contributed by atoms with Crippen LogP contribution in [0, 0.1) is 6.92 Å². The van der Waals surface area contributed by atoms with E-state index in [1.807, 2.05) is 31.2 Å². The summed E-state index contributed by atoms with van der Waals surface area (Å²) < 4.78 is 10.6. The van der Waals surface area contributed by atoms with E-state index < -0.39 is 5.97 Å². The monoisotopic (exact) mass is 310 g/mol. The first kappa shape index (κ1) is 14.8. The molecule has 1 heterocycles. The summed E-state index contributed by atoms with van der Waals surface area (Å²) >= 11 is 0. The lowest BCUT2D eigenvalue weighted by molar-refractivity contribution is 0.0691. The zero-order valence-corrected chi connectivity index (χ0v) is 12.4. The van der Waals surface area contributed by atoms with Crippen LogP contribution in [0.1, 0.15) is 21.8 Å². The standard InChI is InChI=1S/C17H14N2O4/c1-11-5-4-6-12(9-11)16-18-15(23-19-16)10-22-14-8-3-2-7-13(14)17(20)21/h2-9H,10H2,1H3,(H,20,21). The van der Waals surface area contributed by atoms with E-state index in [9.17, 15) is 4.79 Å². The summed E-state index contributed by atoms with van der Waals surface area (Å²) in [5, 5.41) is 13.0. The summed E-state index contributed by atoms with van der Waals surface area (Å²) in [6, 6.07) is 14.1. The number of ether oxygens (including phenoxy) is 1. The molecular formula is C17H14N2O4. The Bertz CT molecular complexity index is 842. The Hall–Kier alpha value is -3.15. The van der Waals surface area contributed by atoms with Gasteiger partial charge in [-0.3, -0.25) is 0 Å². The number of carboxylic acids is 1. The van der Waals surface area contributed by atoms with Crippen LogP contribution in [-0.4, -0.2) is 21.2 Å². The molecule has 0 radical (unpaired) electrons. The van der Waals surface area contributed by atoms with Gasteiger partial charge >= 0.3 is 5.97 Å². The molecule has 0 amide bonds. The summed E-state index contributed by atoms with van der Waals surface area (Å²) in [5.74, 6) is -0.0394. The number of nitrogens with zero attached hydrogens (tertiary/aromatic N) is 2.